The van der Waals surface area contributed by atoms with Crippen molar-refractivity contribution in [3.63, 3.8) is 0 Å². The maximum absolute atomic E-state index is 2.47. The molecule has 0 unspecified atom stereocenters. The van der Waals surface area contributed by atoms with Crippen LogP contribution in [0.5, 0.6) is 0 Å². The molecule has 0 radical (unpaired) electrons. The summed E-state index contributed by atoms with van der Waals surface area (Å²) in [5.74, 6) is 0.868. The molecule has 0 spiro atoms. The summed E-state index contributed by atoms with van der Waals surface area (Å²) >= 11 is 0. The number of allylic oxidation sites excluding steroid dienone is 2. The number of rotatable bonds is 6. The van der Waals surface area contributed by atoms with Gasteiger partial charge in [0.2, 0.25) is 0 Å². The molecule has 0 aromatic carbocycles. The molecule has 1 fully saturated rings. The van der Waals surface area contributed by atoms with Crippen molar-refractivity contribution in [2.75, 3.05) is 20.1 Å². The number of unbranched alkanes of at least 4 members (excludes halogenated alkanes) is 4. The third kappa shape index (κ3) is 5.99. The average Bonchev–Trinajstić information content (AvgIpc) is 2.26. The molecule has 15 heavy (non-hydrogen) atoms. The van der Waals surface area contributed by atoms with E-state index in [0.29, 0.717) is 0 Å². The summed E-state index contributed by atoms with van der Waals surface area (Å²) in [7, 11) is 2.23. The molecule has 0 saturated carbocycles. The van der Waals surface area contributed by atoms with Gasteiger partial charge in [-0.15, -0.1) is 0 Å². The van der Waals surface area contributed by atoms with Crippen LogP contribution in [0.15, 0.2) is 12.2 Å². The van der Waals surface area contributed by atoms with Crippen LogP contribution < -0.4 is 0 Å². The number of nitrogens with zero attached hydrogens (tertiary/aromatic N) is 1. The first-order valence-corrected chi connectivity index (χ1v) is 6.68. The minimum atomic E-state index is 0.868. The molecule has 0 atom stereocenters. The third-order valence-corrected chi connectivity index (χ3v) is 3.40. The molecule has 0 aliphatic carbocycles. The standard InChI is InChI=1S/C14H27N/c1-3-4-5-6-7-8-9-14-10-12-15(2)13-11-14/h8-9,14H,3-7,10-13H2,1-2H3/b9-8+. The Hall–Kier alpha value is -0.300. The van der Waals surface area contributed by atoms with Gasteiger partial charge in [-0.3, -0.25) is 0 Å². The summed E-state index contributed by atoms with van der Waals surface area (Å²) < 4.78 is 0. The fourth-order valence-corrected chi connectivity index (χ4v) is 2.20. The van der Waals surface area contributed by atoms with E-state index < -0.39 is 0 Å². The highest BCUT2D eigenvalue weighted by atomic mass is 15.1. The van der Waals surface area contributed by atoms with E-state index in [4.69, 9.17) is 0 Å². The molecule has 1 aliphatic heterocycles. The zero-order chi connectivity index (χ0) is 10.9. The van der Waals surface area contributed by atoms with Crippen LogP contribution in [0.1, 0.15) is 51.9 Å². The van der Waals surface area contributed by atoms with Crippen LogP contribution in [-0.4, -0.2) is 25.0 Å². The second kappa shape index (κ2) is 7.92. The lowest BCUT2D eigenvalue weighted by Crippen LogP contribution is -2.29. The zero-order valence-electron chi connectivity index (χ0n) is 10.5. The van der Waals surface area contributed by atoms with Gasteiger partial charge in [0.05, 0.1) is 0 Å². The Kier molecular flexibility index (Phi) is 6.74. The molecule has 0 aromatic rings. The van der Waals surface area contributed by atoms with Gasteiger partial charge in [0.15, 0.2) is 0 Å². The van der Waals surface area contributed by atoms with Crippen LogP contribution in [-0.2, 0) is 0 Å². The monoisotopic (exact) mass is 209 g/mol. The van der Waals surface area contributed by atoms with Crippen LogP contribution in [0.25, 0.3) is 0 Å². The molecule has 1 nitrogen and oxygen atoms in total. The van der Waals surface area contributed by atoms with E-state index in [2.05, 4.69) is 31.0 Å². The molecule has 1 rings (SSSR count). The van der Waals surface area contributed by atoms with E-state index in [0.717, 1.165) is 5.92 Å². The quantitative estimate of drug-likeness (QED) is 0.474. The van der Waals surface area contributed by atoms with E-state index in [-0.39, 0.29) is 0 Å². The smallest absolute Gasteiger partial charge is 0.00162 e. The maximum atomic E-state index is 2.47. The van der Waals surface area contributed by atoms with Crippen LogP contribution in [0.3, 0.4) is 0 Å². The summed E-state index contributed by atoms with van der Waals surface area (Å²) in [4.78, 5) is 2.44. The summed E-state index contributed by atoms with van der Waals surface area (Å²) in [6.45, 7) is 4.84. The molecule has 1 aliphatic rings. The van der Waals surface area contributed by atoms with Gasteiger partial charge in [-0.2, -0.15) is 0 Å². The van der Waals surface area contributed by atoms with E-state index in [1.807, 2.05) is 0 Å². The number of hydrogen-bond donors (Lipinski definition) is 0. The van der Waals surface area contributed by atoms with E-state index in [1.54, 1.807) is 0 Å². The summed E-state index contributed by atoms with van der Waals surface area (Å²) in [6, 6.07) is 0. The van der Waals surface area contributed by atoms with Gasteiger partial charge in [-0.1, -0.05) is 38.3 Å². The highest BCUT2D eigenvalue weighted by Gasteiger charge is 2.13. The van der Waals surface area contributed by atoms with Gasteiger partial charge < -0.3 is 4.90 Å². The number of piperidine rings is 1. The largest absolute Gasteiger partial charge is 0.306 e. The fraction of sp³-hybridized carbons (Fsp3) is 0.857. The molecule has 1 heterocycles. The van der Waals surface area contributed by atoms with Crippen molar-refractivity contribution < 1.29 is 0 Å². The van der Waals surface area contributed by atoms with Crippen molar-refractivity contribution in [1.82, 2.24) is 4.90 Å². The van der Waals surface area contributed by atoms with Gasteiger partial charge in [-0.05, 0) is 51.7 Å². The molecule has 0 aromatic heterocycles. The van der Waals surface area contributed by atoms with E-state index >= 15 is 0 Å². The predicted octanol–water partition coefficient (Wildman–Crippen LogP) is 3.85. The highest BCUT2D eigenvalue weighted by molar-refractivity contribution is 4.90. The Balaban J connectivity index is 2.00. The van der Waals surface area contributed by atoms with Crippen molar-refractivity contribution in [2.45, 2.75) is 51.9 Å². The highest BCUT2D eigenvalue weighted by Crippen LogP contribution is 2.17. The fourth-order valence-electron chi connectivity index (χ4n) is 2.20. The molecule has 0 bridgehead atoms. The lowest BCUT2D eigenvalue weighted by molar-refractivity contribution is 0.244. The minimum Gasteiger partial charge on any atom is -0.306 e. The zero-order valence-corrected chi connectivity index (χ0v) is 10.5. The van der Waals surface area contributed by atoms with E-state index in [1.165, 1.54) is 58.0 Å². The van der Waals surface area contributed by atoms with Gasteiger partial charge >= 0.3 is 0 Å². The summed E-state index contributed by atoms with van der Waals surface area (Å²) in [5.41, 5.74) is 0. The Morgan fingerprint density at radius 2 is 1.87 bits per heavy atom. The third-order valence-electron chi connectivity index (χ3n) is 3.40. The number of hydrogen-bond acceptors (Lipinski definition) is 1. The maximum Gasteiger partial charge on any atom is -0.00162 e. The molecule has 88 valence electrons. The van der Waals surface area contributed by atoms with Crippen molar-refractivity contribution in [3.05, 3.63) is 12.2 Å². The van der Waals surface area contributed by atoms with Crippen LogP contribution >= 0.6 is 0 Å². The Morgan fingerprint density at radius 1 is 1.13 bits per heavy atom. The molecule has 1 saturated heterocycles. The topological polar surface area (TPSA) is 3.24 Å². The Bertz CT molecular complexity index is 166. The lowest BCUT2D eigenvalue weighted by Gasteiger charge is -2.26. The first-order valence-electron chi connectivity index (χ1n) is 6.68. The van der Waals surface area contributed by atoms with Crippen LogP contribution in [0.4, 0.5) is 0 Å². The Labute approximate surface area is 95.5 Å². The number of likely N-dealkylation sites (tertiary alicyclic amines) is 1. The van der Waals surface area contributed by atoms with Gasteiger partial charge in [-0.25, -0.2) is 0 Å². The van der Waals surface area contributed by atoms with Crippen molar-refractivity contribution in [3.8, 4) is 0 Å². The van der Waals surface area contributed by atoms with Crippen LogP contribution in [0.2, 0.25) is 0 Å². The van der Waals surface area contributed by atoms with Gasteiger partial charge in [0.1, 0.15) is 0 Å². The summed E-state index contributed by atoms with van der Waals surface area (Å²) in [5, 5.41) is 0. The molecule has 0 N–H and O–H groups in total. The van der Waals surface area contributed by atoms with Gasteiger partial charge in [0.25, 0.3) is 0 Å². The second-order valence-electron chi connectivity index (χ2n) is 4.92. The normalized spacial score (nSPS) is 20.1. The van der Waals surface area contributed by atoms with Crippen molar-refractivity contribution >= 4 is 0 Å². The van der Waals surface area contributed by atoms with Crippen LogP contribution in [0, 0.1) is 5.92 Å². The predicted molar refractivity (Wildman–Crippen MR) is 68.1 cm³/mol. The summed E-state index contributed by atoms with van der Waals surface area (Å²) in [6.07, 6.45) is 14.5. The first-order chi connectivity index (χ1) is 7.33. The average molecular weight is 209 g/mol. The second-order valence-corrected chi connectivity index (χ2v) is 4.92. The molecule has 0 amide bonds. The molecular formula is C14H27N. The lowest BCUT2D eigenvalue weighted by atomic mass is 9.96. The SMILES string of the molecule is CCCCCC/C=C/C1CCN(C)CC1. The minimum absolute atomic E-state index is 0.868. The van der Waals surface area contributed by atoms with E-state index in [9.17, 15) is 0 Å². The molecular weight excluding hydrogens is 182 g/mol. The van der Waals surface area contributed by atoms with Crippen molar-refractivity contribution in [2.24, 2.45) is 5.92 Å². The van der Waals surface area contributed by atoms with Gasteiger partial charge in [0, 0.05) is 0 Å². The first kappa shape index (κ1) is 12.8. The Morgan fingerprint density at radius 3 is 2.53 bits per heavy atom. The van der Waals surface area contributed by atoms with Crippen molar-refractivity contribution in [1.29, 1.82) is 0 Å². The molecule has 1 heteroatoms.